The van der Waals surface area contributed by atoms with Gasteiger partial charge in [0.25, 0.3) is 0 Å². The number of hydrogen-bond donors (Lipinski definition) is 2. The van der Waals surface area contributed by atoms with Gasteiger partial charge in [0.15, 0.2) is 0 Å². The van der Waals surface area contributed by atoms with Crippen LogP contribution in [0.15, 0.2) is 12.1 Å². The SMILES string of the molecule is Cc1cc(Cl)cc([C@H]2CN2)c1O. The molecule has 0 radical (unpaired) electrons. The molecule has 1 saturated heterocycles. The number of aryl methyl sites for hydroxylation is 1. The molecule has 0 aliphatic carbocycles. The number of rotatable bonds is 1. The van der Waals surface area contributed by atoms with E-state index in [0.717, 1.165) is 17.7 Å². The lowest BCUT2D eigenvalue weighted by Crippen LogP contribution is -1.88. The smallest absolute Gasteiger partial charge is 0.123 e. The lowest BCUT2D eigenvalue weighted by Gasteiger charge is -2.05. The van der Waals surface area contributed by atoms with Crippen LogP contribution in [0.5, 0.6) is 5.75 Å². The number of halogens is 1. The molecule has 1 aliphatic rings. The number of hydrogen-bond acceptors (Lipinski definition) is 2. The number of nitrogens with one attached hydrogen (secondary N) is 1. The third-order valence-electron chi connectivity index (χ3n) is 2.08. The van der Waals surface area contributed by atoms with Crippen molar-refractivity contribution in [3.05, 3.63) is 28.3 Å². The van der Waals surface area contributed by atoms with Crippen LogP contribution >= 0.6 is 11.6 Å². The van der Waals surface area contributed by atoms with Crippen molar-refractivity contribution in [1.29, 1.82) is 0 Å². The Kier molecular flexibility index (Phi) is 1.74. The fraction of sp³-hybridized carbons (Fsp3) is 0.333. The van der Waals surface area contributed by atoms with E-state index in [1.54, 1.807) is 6.07 Å². The summed E-state index contributed by atoms with van der Waals surface area (Å²) in [5.41, 5.74) is 1.76. The Morgan fingerprint density at radius 1 is 1.58 bits per heavy atom. The summed E-state index contributed by atoms with van der Waals surface area (Å²) in [4.78, 5) is 0. The third kappa shape index (κ3) is 1.28. The Balaban J connectivity index is 2.51. The van der Waals surface area contributed by atoms with E-state index in [4.69, 9.17) is 11.6 Å². The molecule has 2 N–H and O–H groups in total. The quantitative estimate of drug-likeness (QED) is 0.654. The predicted octanol–water partition coefficient (Wildman–Crippen LogP) is 2.00. The summed E-state index contributed by atoms with van der Waals surface area (Å²) >= 11 is 5.86. The zero-order chi connectivity index (χ0) is 8.72. The molecule has 2 rings (SSSR count). The summed E-state index contributed by atoms with van der Waals surface area (Å²) in [7, 11) is 0. The van der Waals surface area contributed by atoms with E-state index in [0.29, 0.717) is 16.8 Å². The fourth-order valence-electron chi connectivity index (χ4n) is 1.31. The minimum atomic E-state index is 0.308. The van der Waals surface area contributed by atoms with Crippen molar-refractivity contribution in [3.63, 3.8) is 0 Å². The van der Waals surface area contributed by atoms with Crippen molar-refractivity contribution < 1.29 is 5.11 Å². The van der Waals surface area contributed by atoms with Gasteiger partial charge in [-0.05, 0) is 24.6 Å². The fourth-order valence-corrected chi connectivity index (χ4v) is 1.59. The monoisotopic (exact) mass is 183 g/mol. The zero-order valence-corrected chi connectivity index (χ0v) is 7.52. The van der Waals surface area contributed by atoms with Crippen molar-refractivity contribution in [2.45, 2.75) is 13.0 Å². The van der Waals surface area contributed by atoms with E-state index in [-0.39, 0.29) is 0 Å². The average Bonchev–Trinajstić information content (AvgIpc) is 2.79. The summed E-state index contributed by atoms with van der Waals surface area (Å²) in [6, 6.07) is 3.89. The summed E-state index contributed by atoms with van der Waals surface area (Å²) < 4.78 is 0. The van der Waals surface area contributed by atoms with E-state index >= 15 is 0 Å². The maximum Gasteiger partial charge on any atom is 0.123 e. The van der Waals surface area contributed by atoms with Crippen LogP contribution in [0.1, 0.15) is 17.2 Å². The lowest BCUT2D eigenvalue weighted by molar-refractivity contribution is 0.464. The van der Waals surface area contributed by atoms with Crippen molar-refractivity contribution in [2.24, 2.45) is 0 Å². The Morgan fingerprint density at radius 2 is 2.25 bits per heavy atom. The molecule has 1 fully saturated rings. The van der Waals surface area contributed by atoms with Crippen LogP contribution in [0.4, 0.5) is 0 Å². The molecule has 0 saturated carbocycles. The summed E-state index contributed by atoms with van der Waals surface area (Å²) in [6.07, 6.45) is 0. The second-order valence-corrected chi connectivity index (χ2v) is 3.56. The summed E-state index contributed by atoms with van der Waals surface area (Å²) in [6.45, 7) is 2.79. The first kappa shape index (κ1) is 7.90. The molecule has 1 aromatic rings. The molecule has 1 heterocycles. The Bertz CT molecular complexity index is 321. The van der Waals surface area contributed by atoms with Gasteiger partial charge < -0.3 is 10.4 Å². The lowest BCUT2D eigenvalue weighted by atomic mass is 10.1. The minimum absolute atomic E-state index is 0.308. The van der Waals surface area contributed by atoms with Crippen LogP contribution in [-0.4, -0.2) is 11.7 Å². The summed E-state index contributed by atoms with van der Waals surface area (Å²) in [5.74, 6) is 0.370. The second-order valence-electron chi connectivity index (χ2n) is 3.12. The molecule has 2 nitrogen and oxygen atoms in total. The molecule has 1 atom stereocenters. The van der Waals surface area contributed by atoms with Gasteiger partial charge >= 0.3 is 0 Å². The molecule has 64 valence electrons. The molecular formula is C9H10ClNO. The molecule has 0 spiro atoms. The van der Waals surface area contributed by atoms with Gasteiger partial charge in [0.2, 0.25) is 0 Å². The van der Waals surface area contributed by atoms with Gasteiger partial charge in [0, 0.05) is 23.2 Å². The Morgan fingerprint density at radius 3 is 2.83 bits per heavy atom. The number of phenols is 1. The first-order valence-corrected chi connectivity index (χ1v) is 4.28. The van der Waals surface area contributed by atoms with E-state index in [9.17, 15) is 5.11 Å². The molecule has 0 amide bonds. The Hall–Kier alpha value is -0.730. The molecule has 0 unspecified atom stereocenters. The van der Waals surface area contributed by atoms with Gasteiger partial charge in [-0.3, -0.25) is 0 Å². The largest absolute Gasteiger partial charge is 0.507 e. The van der Waals surface area contributed by atoms with Crippen LogP contribution in [0.2, 0.25) is 5.02 Å². The van der Waals surface area contributed by atoms with Crippen LogP contribution in [0.25, 0.3) is 0 Å². The first-order valence-electron chi connectivity index (χ1n) is 3.91. The number of benzene rings is 1. The zero-order valence-electron chi connectivity index (χ0n) is 6.76. The highest BCUT2D eigenvalue weighted by atomic mass is 35.5. The van der Waals surface area contributed by atoms with Crippen molar-refractivity contribution >= 4 is 11.6 Å². The van der Waals surface area contributed by atoms with E-state index in [1.807, 2.05) is 13.0 Å². The maximum absolute atomic E-state index is 9.63. The highest BCUT2D eigenvalue weighted by molar-refractivity contribution is 6.30. The van der Waals surface area contributed by atoms with Gasteiger partial charge in [-0.15, -0.1) is 0 Å². The molecule has 12 heavy (non-hydrogen) atoms. The maximum atomic E-state index is 9.63. The number of aromatic hydroxyl groups is 1. The highest BCUT2D eigenvalue weighted by Gasteiger charge is 2.26. The molecule has 0 aromatic heterocycles. The van der Waals surface area contributed by atoms with Crippen molar-refractivity contribution in [3.8, 4) is 5.75 Å². The van der Waals surface area contributed by atoms with Crippen molar-refractivity contribution in [2.75, 3.05) is 6.54 Å². The Labute approximate surface area is 76.2 Å². The van der Waals surface area contributed by atoms with Crippen LogP contribution in [-0.2, 0) is 0 Å². The van der Waals surface area contributed by atoms with Crippen LogP contribution in [0, 0.1) is 6.92 Å². The predicted molar refractivity (Wildman–Crippen MR) is 48.6 cm³/mol. The number of phenolic OH excluding ortho intramolecular Hbond substituents is 1. The van der Waals surface area contributed by atoms with Crippen molar-refractivity contribution in [1.82, 2.24) is 5.32 Å². The molecule has 3 heteroatoms. The standard InChI is InChI=1S/C9H10ClNO/c1-5-2-6(10)3-7(9(5)12)8-4-11-8/h2-3,8,11-12H,4H2,1H3/t8-/m1/s1. The van der Waals surface area contributed by atoms with Gasteiger partial charge in [-0.1, -0.05) is 11.6 Å². The van der Waals surface area contributed by atoms with Crippen LogP contribution < -0.4 is 5.32 Å². The molecule has 0 bridgehead atoms. The van der Waals surface area contributed by atoms with Gasteiger partial charge in [-0.2, -0.15) is 0 Å². The summed E-state index contributed by atoms with van der Waals surface area (Å²) in [5, 5.41) is 13.4. The van der Waals surface area contributed by atoms with Gasteiger partial charge in [-0.25, -0.2) is 0 Å². The van der Waals surface area contributed by atoms with Gasteiger partial charge in [0.1, 0.15) is 5.75 Å². The highest BCUT2D eigenvalue weighted by Crippen LogP contribution is 2.34. The molecule has 1 aromatic carbocycles. The molecule has 1 aliphatic heterocycles. The van der Waals surface area contributed by atoms with Gasteiger partial charge in [0.05, 0.1) is 0 Å². The van der Waals surface area contributed by atoms with E-state index in [1.165, 1.54) is 0 Å². The van der Waals surface area contributed by atoms with Crippen LogP contribution in [0.3, 0.4) is 0 Å². The third-order valence-corrected chi connectivity index (χ3v) is 2.30. The van der Waals surface area contributed by atoms with E-state index in [2.05, 4.69) is 5.32 Å². The van der Waals surface area contributed by atoms with E-state index < -0.39 is 0 Å². The minimum Gasteiger partial charge on any atom is -0.507 e. The first-order chi connectivity index (χ1) is 5.68. The normalized spacial score (nSPS) is 21.0. The molecular weight excluding hydrogens is 174 g/mol. The topological polar surface area (TPSA) is 42.2 Å². The average molecular weight is 184 g/mol. The second kappa shape index (κ2) is 2.64.